The zero-order valence-corrected chi connectivity index (χ0v) is 10.1. The van der Waals surface area contributed by atoms with Gasteiger partial charge >= 0.3 is 0 Å². The molecule has 0 spiro atoms. The molecule has 4 heteroatoms. The van der Waals surface area contributed by atoms with Gasteiger partial charge in [0, 0.05) is 16.2 Å². The fourth-order valence-corrected chi connectivity index (χ4v) is 1.86. The van der Waals surface area contributed by atoms with E-state index in [1.807, 2.05) is 24.3 Å². The number of aliphatic hydroxyl groups is 1. The first-order valence-corrected chi connectivity index (χ1v) is 4.94. The summed E-state index contributed by atoms with van der Waals surface area (Å²) >= 11 is 2.25. The van der Waals surface area contributed by atoms with Gasteiger partial charge in [-0.25, -0.2) is 0 Å². The van der Waals surface area contributed by atoms with Crippen LogP contribution in [0.3, 0.4) is 0 Å². The molecule has 2 nitrogen and oxygen atoms in total. The van der Waals surface area contributed by atoms with Crippen LogP contribution in [-0.2, 0) is 0 Å². The van der Waals surface area contributed by atoms with E-state index in [-0.39, 0.29) is 25.1 Å². The van der Waals surface area contributed by atoms with Gasteiger partial charge < -0.3 is 10.8 Å². The molecule has 0 aliphatic heterocycles. The molecule has 1 rings (SSSR count). The molecule has 0 radical (unpaired) electrons. The lowest BCUT2D eigenvalue weighted by molar-refractivity contribution is 0.276. The van der Waals surface area contributed by atoms with Gasteiger partial charge in [-0.05, 0) is 40.6 Å². The van der Waals surface area contributed by atoms with Crippen LogP contribution in [0, 0.1) is 3.57 Å². The summed E-state index contributed by atoms with van der Waals surface area (Å²) in [6.45, 7) is 0.145. The van der Waals surface area contributed by atoms with E-state index in [9.17, 15) is 0 Å². The van der Waals surface area contributed by atoms with E-state index < -0.39 is 0 Å². The normalized spacial score (nSPS) is 11.9. The van der Waals surface area contributed by atoms with Crippen LogP contribution in [0.1, 0.15) is 18.0 Å². The Balaban J connectivity index is 0.00000144. The van der Waals surface area contributed by atoms with Gasteiger partial charge in [0.05, 0.1) is 0 Å². The van der Waals surface area contributed by atoms with Crippen LogP contribution in [-0.4, -0.2) is 11.7 Å². The second-order valence-corrected chi connectivity index (χ2v) is 3.80. The molecule has 0 aromatic heterocycles. The molecule has 0 bridgehead atoms. The fourth-order valence-electron chi connectivity index (χ4n) is 1.07. The molecule has 0 heterocycles. The minimum atomic E-state index is -0.0388. The van der Waals surface area contributed by atoms with Crippen LogP contribution >= 0.6 is 35.0 Å². The zero-order chi connectivity index (χ0) is 8.97. The van der Waals surface area contributed by atoms with Gasteiger partial charge in [0.2, 0.25) is 0 Å². The summed E-state index contributed by atoms with van der Waals surface area (Å²) in [6.07, 6.45) is 0.625. The number of benzene rings is 1. The second kappa shape index (κ2) is 6.59. The Morgan fingerprint density at radius 2 is 2.00 bits per heavy atom. The van der Waals surface area contributed by atoms with E-state index in [1.54, 1.807) is 0 Å². The van der Waals surface area contributed by atoms with Gasteiger partial charge in [0.25, 0.3) is 0 Å². The Labute approximate surface area is 98.1 Å². The van der Waals surface area contributed by atoms with Gasteiger partial charge in [0.15, 0.2) is 0 Å². The van der Waals surface area contributed by atoms with Crippen LogP contribution in [0.5, 0.6) is 0 Å². The fraction of sp³-hybridized carbons (Fsp3) is 0.333. The molecular weight excluding hydrogens is 300 g/mol. The predicted molar refractivity (Wildman–Crippen MR) is 65.0 cm³/mol. The molecule has 1 atom stereocenters. The molecule has 1 aromatic carbocycles. The Bertz CT molecular complexity index is 257. The number of halogens is 2. The number of hydrogen-bond acceptors (Lipinski definition) is 2. The van der Waals surface area contributed by atoms with E-state index in [1.165, 1.54) is 0 Å². The molecule has 1 aromatic rings. The van der Waals surface area contributed by atoms with Crippen molar-refractivity contribution in [2.75, 3.05) is 6.61 Å². The first kappa shape index (κ1) is 13.2. The summed E-state index contributed by atoms with van der Waals surface area (Å²) in [5.41, 5.74) is 6.96. The third kappa shape index (κ3) is 3.81. The number of nitrogens with two attached hydrogens (primary N) is 1. The lowest BCUT2D eigenvalue weighted by Crippen LogP contribution is -2.13. The van der Waals surface area contributed by atoms with Gasteiger partial charge in [-0.2, -0.15) is 0 Å². The van der Waals surface area contributed by atoms with E-state index in [0.29, 0.717) is 6.42 Å². The molecule has 0 aliphatic rings. The second-order valence-electron chi connectivity index (χ2n) is 2.64. The quantitative estimate of drug-likeness (QED) is 0.840. The summed E-state index contributed by atoms with van der Waals surface area (Å²) in [6, 6.07) is 7.93. The van der Waals surface area contributed by atoms with Crippen molar-refractivity contribution in [1.29, 1.82) is 0 Å². The first-order chi connectivity index (χ1) is 5.75. The largest absolute Gasteiger partial charge is 0.396 e. The van der Waals surface area contributed by atoms with Crippen LogP contribution < -0.4 is 5.73 Å². The van der Waals surface area contributed by atoms with Crippen LogP contribution in [0.4, 0.5) is 0 Å². The highest BCUT2D eigenvalue weighted by Gasteiger charge is 2.07. The molecule has 0 aliphatic carbocycles. The van der Waals surface area contributed by atoms with Crippen LogP contribution in [0.15, 0.2) is 24.3 Å². The van der Waals surface area contributed by atoms with Crippen molar-refractivity contribution in [3.63, 3.8) is 0 Å². The molecule has 0 amide bonds. The minimum Gasteiger partial charge on any atom is -0.396 e. The van der Waals surface area contributed by atoms with E-state index >= 15 is 0 Å². The van der Waals surface area contributed by atoms with E-state index in [4.69, 9.17) is 10.8 Å². The van der Waals surface area contributed by atoms with E-state index in [0.717, 1.165) is 9.13 Å². The molecule has 0 fully saturated rings. The number of hydrogen-bond donors (Lipinski definition) is 2. The monoisotopic (exact) mass is 313 g/mol. The van der Waals surface area contributed by atoms with Gasteiger partial charge in [-0.15, -0.1) is 12.4 Å². The summed E-state index contributed by atoms with van der Waals surface area (Å²) in [4.78, 5) is 0. The van der Waals surface area contributed by atoms with Crippen LogP contribution in [0.2, 0.25) is 0 Å². The van der Waals surface area contributed by atoms with Crippen molar-refractivity contribution >= 4 is 35.0 Å². The molecule has 3 N–H and O–H groups in total. The maximum Gasteiger partial charge on any atom is 0.0449 e. The Morgan fingerprint density at radius 1 is 1.38 bits per heavy atom. The molecule has 0 saturated carbocycles. The van der Waals surface area contributed by atoms with Crippen molar-refractivity contribution in [2.45, 2.75) is 12.5 Å². The average molecular weight is 314 g/mol. The lowest BCUT2D eigenvalue weighted by atomic mass is 10.1. The Kier molecular flexibility index (Phi) is 6.67. The maximum atomic E-state index is 8.71. The predicted octanol–water partition coefficient (Wildman–Crippen LogP) is 2.10. The van der Waals surface area contributed by atoms with Crippen molar-refractivity contribution in [3.05, 3.63) is 33.4 Å². The summed E-state index contributed by atoms with van der Waals surface area (Å²) in [5, 5.41) is 8.71. The number of aliphatic hydroxyl groups excluding tert-OH is 1. The number of rotatable bonds is 3. The SMILES string of the molecule is Cl.N[C@@H](CCO)c1ccccc1I. The van der Waals surface area contributed by atoms with Gasteiger partial charge in [-0.1, -0.05) is 18.2 Å². The smallest absolute Gasteiger partial charge is 0.0449 e. The van der Waals surface area contributed by atoms with Crippen molar-refractivity contribution < 1.29 is 5.11 Å². The first-order valence-electron chi connectivity index (χ1n) is 3.86. The third-order valence-corrected chi connectivity index (χ3v) is 2.73. The Hall–Kier alpha value is 0.160. The molecule has 74 valence electrons. The topological polar surface area (TPSA) is 46.2 Å². The highest BCUT2D eigenvalue weighted by molar-refractivity contribution is 14.1. The summed E-state index contributed by atoms with van der Waals surface area (Å²) in [7, 11) is 0. The molecule has 0 saturated heterocycles. The minimum absolute atomic E-state index is 0. The highest BCUT2D eigenvalue weighted by Crippen LogP contribution is 2.19. The highest BCUT2D eigenvalue weighted by atomic mass is 127. The van der Waals surface area contributed by atoms with Gasteiger partial charge in [-0.3, -0.25) is 0 Å². The van der Waals surface area contributed by atoms with Crippen molar-refractivity contribution in [1.82, 2.24) is 0 Å². The zero-order valence-electron chi connectivity index (χ0n) is 7.11. The molecule has 0 unspecified atom stereocenters. The third-order valence-electron chi connectivity index (χ3n) is 1.74. The van der Waals surface area contributed by atoms with Crippen molar-refractivity contribution in [3.8, 4) is 0 Å². The molecule has 13 heavy (non-hydrogen) atoms. The van der Waals surface area contributed by atoms with Crippen molar-refractivity contribution in [2.24, 2.45) is 5.73 Å². The summed E-state index contributed by atoms with van der Waals surface area (Å²) in [5.74, 6) is 0. The van der Waals surface area contributed by atoms with E-state index in [2.05, 4.69) is 22.6 Å². The molecular formula is C9H13ClINO. The standard InChI is InChI=1S/C9H12INO.ClH/c10-8-4-2-1-3-7(8)9(11)5-6-12;/h1-4,9,12H,5-6,11H2;1H/t9-;/m0./s1. The summed E-state index contributed by atoms with van der Waals surface area (Å²) < 4.78 is 1.16. The average Bonchev–Trinajstić information content (AvgIpc) is 2.05. The van der Waals surface area contributed by atoms with Gasteiger partial charge in [0.1, 0.15) is 0 Å². The Morgan fingerprint density at radius 3 is 2.54 bits per heavy atom. The maximum absolute atomic E-state index is 8.71. The lowest BCUT2D eigenvalue weighted by Gasteiger charge is -2.11. The van der Waals surface area contributed by atoms with Crippen LogP contribution in [0.25, 0.3) is 0 Å².